The van der Waals surface area contributed by atoms with Gasteiger partial charge in [0.15, 0.2) is 0 Å². The van der Waals surface area contributed by atoms with Gasteiger partial charge in [-0.1, -0.05) is 6.42 Å². The molecule has 0 spiro atoms. The molecule has 98 valence electrons. The van der Waals surface area contributed by atoms with Gasteiger partial charge in [0.1, 0.15) is 6.04 Å². The molecule has 17 heavy (non-hydrogen) atoms. The van der Waals surface area contributed by atoms with Crippen LogP contribution in [-0.2, 0) is 14.3 Å². The summed E-state index contributed by atoms with van der Waals surface area (Å²) in [5, 5.41) is 2.79. The molecule has 1 heterocycles. The van der Waals surface area contributed by atoms with Gasteiger partial charge < -0.3 is 10.1 Å². The predicted octanol–water partition coefficient (Wildman–Crippen LogP) is 0.539. The smallest absolute Gasteiger partial charge is 0.323 e. The lowest BCUT2D eigenvalue weighted by molar-refractivity contribution is -0.150. The largest absolute Gasteiger partial charge is 0.468 e. The average molecular weight is 242 g/mol. The van der Waals surface area contributed by atoms with Gasteiger partial charge in [-0.15, -0.1) is 0 Å². The zero-order valence-electron chi connectivity index (χ0n) is 10.9. The van der Waals surface area contributed by atoms with Crippen molar-refractivity contribution in [2.75, 3.05) is 20.2 Å². The molecule has 1 aliphatic rings. The van der Waals surface area contributed by atoms with Crippen molar-refractivity contribution in [3.8, 4) is 0 Å². The molecular formula is C12H22N2O3. The number of nitrogens with one attached hydrogen (secondary N) is 1. The first-order valence-corrected chi connectivity index (χ1v) is 6.23. The minimum absolute atomic E-state index is 0.0247. The maximum atomic E-state index is 11.8. The van der Waals surface area contributed by atoms with Gasteiger partial charge in [-0.3, -0.25) is 14.5 Å². The van der Waals surface area contributed by atoms with Gasteiger partial charge >= 0.3 is 5.97 Å². The van der Waals surface area contributed by atoms with E-state index in [0.29, 0.717) is 6.54 Å². The highest BCUT2D eigenvalue weighted by atomic mass is 16.5. The van der Waals surface area contributed by atoms with Gasteiger partial charge in [0.25, 0.3) is 0 Å². The summed E-state index contributed by atoms with van der Waals surface area (Å²) in [5.74, 6) is -0.260. The molecule has 0 aromatic rings. The van der Waals surface area contributed by atoms with Gasteiger partial charge in [0.2, 0.25) is 5.91 Å². The third-order valence-electron chi connectivity index (χ3n) is 3.25. The second-order valence-corrected chi connectivity index (χ2v) is 4.34. The number of hydrogen-bond acceptors (Lipinski definition) is 4. The van der Waals surface area contributed by atoms with Crippen LogP contribution in [0.1, 0.15) is 33.1 Å². The van der Waals surface area contributed by atoms with Crippen molar-refractivity contribution in [1.82, 2.24) is 10.2 Å². The van der Waals surface area contributed by atoms with Crippen LogP contribution in [0.2, 0.25) is 0 Å². The van der Waals surface area contributed by atoms with Crippen molar-refractivity contribution >= 4 is 11.9 Å². The molecule has 0 aromatic heterocycles. The Labute approximate surface area is 102 Å². The van der Waals surface area contributed by atoms with Gasteiger partial charge in [0.05, 0.1) is 13.2 Å². The predicted molar refractivity (Wildman–Crippen MR) is 64.5 cm³/mol. The molecule has 0 aromatic carbocycles. The highest BCUT2D eigenvalue weighted by molar-refractivity contribution is 5.83. The number of ether oxygens (including phenoxy) is 1. The van der Waals surface area contributed by atoms with E-state index in [0.717, 1.165) is 25.8 Å². The molecular weight excluding hydrogens is 220 g/mol. The maximum absolute atomic E-state index is 11.8. The van der Waals surface area contributed by atoms with Crippen LogP contribution in [-0.4, -0.2) is 49.1 Å². The average Bonchev–Trinajstić information content (AvgIpc) is 2.37. The summed E-state index contributed by atoms with van der Waals surface area (Å²) in [5.41, 5.74) is 0. The summed E-state index contributed by atoms with van der Waals surface area (Å²) in [6.07, 6.45) is 2.81. The van der Waals surface area contributed by atoms with Crippen LogP contribution >= 0.6 is 0 Å². The van der Waals surface area contributed by atoms with Gasteiger partial charge in [0, 0.05) is 6.54 Å². The Bertz CT molecular complexity index is 281. The maximum Gasteiger partial charge on any atom is 0.323 e. The second-order valence-electron chi connectivity index (χ2n) is 4.34. The highest BCUT2D eigenvalue weighted by Crippen LogP contribution is 2.20. The Morgan fingerprint density at radius 3 is 2.76 bits per heavy atom. The molecule has 1 rings (SSSR count). The Morgan fingerprint density at radius 2 is 2.18 bits per heavy atom. The number of likely N-dealkylation sites (N-methyl/N-ethyl adjacent to an activating group) is 1. The zero-order valence-corrected chi connectivity index (χ0v) is 10.9. The lowest BCUT2D eigenvalue weighted by Crippen LogP contribution is -2.54. The standard InChI is InChI=1S/C12H22N2O3/c1-4-13-11(15)9(2)14-8-6-5-7-10(14)12(16)17-3/h9-10H,4-8H2,1-3H3,(H,13,15). The first kappa shape index (κ1) is 14.0. The summed E-state index contributed by atoms with van der Waals surface area (Å²) >= 11 is 0. The van der Waals surface area contributed by atoms with Crippen LogP contribution < -0.4 is 5.32 Å². The van der Waals surface area contributed by atoms with E-state index in [4.69, 9.17) is 4.74 Å². The monoisotopic (exact) mass is 242 g/mol. The highest BCUT2D eigenvalue weighted by Gasteiger charge is 2.34. The molecule has 1 fully saturated rings. The molecule has 0 aliphatic carbocycles. The van der Waals surface area contributed by atoms with Crippen molar-refractivity contribution in [2.45, 2.75) is 45.2 Å². The van der Waals surface area contributed by atoms with E-state index in [1.165, 1.54) is 7.11 Å². The van der Waals surface area contributed by atoms with Crippen LogP contribution in [0.5, 0.6) is 0 Å². The summed E-state index contributed by atoms with van der Waals surface area (Å²) in [4.78, 5) is 25.4. The number of amides is 1. The summed E-state index contributed by atoms with van der Waals surface area (Å²) in [6.45, 7) is 5.11. The van der Waals surface area contributed by atoms with Gasteiger partial charge in [-0.05, 0) is 33.2 Å². The van der Waals surface area contributed by atoms with E-state index in [2.05, 4.69) is 5.32 Å². The van der Waals surface area contributed by atoms with E-state index in [9.17, 15) is 9.59 Å². The number of likely N-dealkylation sites (tertiary alicyclic amines) is 1. The third kappa shape index (κ3) is 3.43. The molecule has 0 radical (unpaired) electrons. The van der Waals surface area contributed by atoms with Crippen LogP contribution in [0, 0.1) is 0 Å². The van der Waals surface area contributed by atoms with Gasteiger partial charge in [-0.25, -0.2) is 0 Å². The number of carbonyl (C=O) groups is 2. The Balaban J connectivity index is 2.70. The lowest BCUT2D eigenvalue weighted by Gasteiger charge is -2.37. The molecule has 1 saturated heterocycles. The Morgan fingerprint density at radius 1 is 1.47 bits per heavy atom. The summed E-state index contributed by atoms with van der Waals surface area (Å²) in [6, 6.07) is -0.550. The van der Waals surface area contributed by atoms with Crippen molar-refractivity contribution in [1.29, 1.82) is 0 Å². The Kier molecular flexibility index (Phi) is 5.41. The summed E-state index contributed by atoms with van der Waals surface area (Å²) < 4.78 is 4.80. The van der Waals surface area contributed by atoms with Crippen LogP contribution in [0.25, 0.3) is 0 Å². The van der Waals surface area contributed by atoms with Crippen molar-refractivity contribution in [2.24, 2.45) is 0 Å². The van der Waals surface area contributed by atoms with E-state index in [1.807, 2.05) is 18.7 Å². The molecule has 5 heteroatoms. The Hall–Kier alpha value is -1.10. The van der Waals surface area contributed by atoms with E-state index in [1.54, 1.807) is 0 Å². The number of nitrogens with zero attached hydrogens (tertiary/aromatic N) is 1. The van der Waals surface area contributed by atoms with E-state index >= 15 is 0 Å². The van der Waals surface area contributed by atoms with Crippen molar-refractivity contribution in [3.05, 3.63) is 0 Å². The van der Waals surface area contributed by atoms with E-state index < -0.39 is 0 Å². The van der Waals surface area contributed by atoms with E-state index in [-0.39, 0.29) is 24.0 Å². The number of methoxy groups -OCH3 is 1. The number of rotatable bonds is 4. The fourth-order valence-electron chi connectivity index (χ4n) is 2.28. The van der Waals surface area contributed by atoms with Crippen molar-refractivity contribution in [3.63, 3.8) is 0 Å². The molecule has 1 amide bonds. The van der Waals surface area contributed by atoms with Crippen LogP contribution in [0.3, 0.4) is 0 Å². The number of hydrogen-bond donors (Lipinski definition) is 1. The number of carbonyl (C=O) groups excluding carboxylic acids is 2. The lowest BCUT2D eigenvalue weighted by atomic mass is 10.00. The molecule has 0 saturated carbocycles. The first-order chi connectivity index (χ1) is 8.11. The quantitative estimate of drug-likeness (QED) is 0.731. The van der Waals surface area contributed by atoms with Crippen LogP contribution in [0.4, 0.5) is 0 Å². The van der Waals surface area contributed by atoms with Crippen molar-refractivity contribution < 1.29 is 14.3 Å². The SMILES string of the molecule is CCNC(=O)C(C)N1CCCCC1C(=O)OC. The fraction of sp³-hybridized carbons (Fsp3) is 0.833. The fourth-order valence-corrected chi connectivity index (χ4v) is 2.28. The minimum Gasteiger partial charge on any atom is -0.468 e. The number of esters is 1. The molecule has 5 nitrogen and oxygen atoms in total. The molecule has 1 N–H and O–H groups in total. The molecule has 1 aliphatic heterocycles. The normalized spacial score (nSPS) is 22.9. The molecule has 2 unspecified atom stereocenters. The molecule has 2 atom stereocenters. The topological polar surface area (TPSA) is 58.6 Å². The minimum atomic E-state index is -0.278. The zero-order chi connectivity index (χ0) is 12.8. The van der Waals surface area contributed by atoms with Crippen LogP contribution in [0.15, 0.2) is 0 Å². The second kappa shape index (κ2) is 6.59. The number of piperidine rings is 1. The molecule has 0 bridgehead atoms. The third-order valence-corrected chi connectivity index (χ3v) is 3.25. The van der Waals surface area contributed by atoms with Gasteiger partial charge in [-0.2, -0.15) is 0 Å². The first-order valence-electron chi connectivity index (χ1n) is 6.23. The summed E-state index contributed by atoms with van der Waals surface area (Å²) in [7, 11) is 1.39.